The molecular formula is C10H13FN2OS. The minimum atomic E-state index is -1.38. The van der Waals surface area contributed by atoms with Crippen molar-refractivity contribution in [2.24, 2.45) is 4.40 Å². The van der Waals surface area contributed by atoms with E-state index in [0.29, 0.717) is 0 Å². The molecule has 1 aromatic rings. The Bertz CT molecular complexity index is 399. The monoisotopic (exact) mass is 228 g/mol. The lowest BCUT2D eigenvalue weighted by molar-refractivity contribution is 0.619. The molecule has 0 amide bonds. The number of aromatic nitrogens is 1. The van der Waals surface area contributed by atoms with Crippen LogP contribution in [0.3, 0.4) is 0 Å². The fourth-order valence-electron chi connectivity index (χ4n) is 0.749. The van der Waals surface area contributed by atoms with Gasteiger partial charge in [-0.3, -0.25) is 4.98 Å². The van der Waals surface area contributed by atoms with Crippen molar-refractivity contribution >= 4 is 17.2 Å². The SMILES string of the molecule is CC(C)(C)[S@@](=O)N=Cc1ncccc1F. The Labute approximate surface area is 91.0 Å². The van der Waals surface area contributed by atoms with Crippen LogP contribution >= 0.6 is 0 Å². The van der Waals surface area contributed by atoms with E-state index in [1.807, 2.05) is 0 Å². The maximum absolute atomic E-state index is 13.1. The molecule has 1 aromatic heterocycles. The van der Waals surface area contributed by atoms with Crippen LogP contribution in [0.4, 0.5) is 4.39 Å². The zero-order valence-electron chi connectivity index (χ0n) is 8.90. The zero-order chi connectivity index (χ0) is 11.5. The summed E-state index contributed by atoms with van der Waals surface area (Å²) in [6.07, 6.45) is 2.67. The maximum Gasteiger partial charge on any atom is 0.150 e. The van der Waals surface area contributed by atoms with Gasteiger partial charge in [-0.2, -0.15) is 4.40 Å². The van der Waals surface area contributed by atoms with Crippen molar-refractivity contribution in [3.63, 3.8) is 0 Å². The van der Waals surface area contributed by atoms with Crippen molar-refractivity contribution in [3.8, 4) is 0 Å². The summed E-state index contributed by atoms with van der Waals surface area (Å²) < 4.78 is 27.9. The third kappa shape index (κ3) is 3.51. The zero-order valence-corrected chi connectivity index (χ0v) is 9.71. The first-order valence-electron chi connectivity index (χ1n) is 4.48. The Balaban J connectivity index is 2.84. The summed E-state index contributed by atoms with van der Waals surface area (Å²) in [7, 11) is -1.38. The second kappa shape index (κ2) is 4.61. The molecule has 82 valence electrons. The molecule has 5 heteroatoms. The minimum absolute atomic E-state index is 0.107. The first-order valence-corrected chi connectivity index (χ1v) is 5.58. The fourth-order valence-corrected chi connectivity index (χ4v) is 1.26. The van der Waals surface area contributed by atoms with Gasteiger partial charge in [-0.05, 0) is 32.9 Å². The molecule has 0 saturated carbocycles. The van der Waals surface area contributed by atoms with Crippen molar-refractivity contribution in [3.05, 3.63) is 29.8 Å². The molecule has 0 aliphatic carbocycles. The van der Waals surface area contributed by atoms with E-state index in [4.69, 9.17) is 0 Å². The quantitative estimate of drug-likeness (QED) is 0.727. The van der Waals surface area contributed by atoms with E-state index < -0.39 is 21.5 Å². The summed E-state index contributed by atoms with van der Waals surface area (Å²) in [5, 5.41) is 0. The van der Waals surface area contributed by atoms with Gasteiger partial charge in [-0.25, -0.2) is 8.60 Å². The largest absolute Gasteiger partial charge is 0.252 e. The molecule has 3 nitrogen and oxygen atoms in total. The molecule has 0 unspecified atom stereocenters. The summed E-state index contributed by atoms with van der Waals surface area (Å²) in [6, 6.07) is 2.78. The van der Waals surface area contributed by atoms with Gasteiger partial charge in [0, 0.05) is 6.20 Å². The topological polar surface area (TPSA) is 42.3 Å². The number of hydrogen-bond donors (Lipinski definition) is 0. The standard InChI is InChI=1S/C10H13FN2OS/c1-10(2,3)15(14)13-7-9-8(11)5-4-6-12-9/h4-7H,1-3H3/t15-/m1/s1. The van der Waals surface area contributed by atoms with E-state index in [0.717, 1.165) is 0 Å². The van der Waals surface area contributed by atoms with Crippen LogP contribution in [0, 0.1) is 5.82 Å². The smallest absolute Gasteiger partial charge is 0.150 e. The van der Waals surface area contributed by atoms with Crippen molar-refractivity contribution < 1.29 is 8.60 Å². The van der Waals surface area contributed by atoms with Crippen molar-refractivity contribution in [1.82, 2.24) is 4.98 Å². The molecule has 1 rings (SSSR count). The van der Waals surface area contributed by atoms with Gasteiger partial charge < -0.3 is 0 Å². The van der Waals surface area contributed by atoms with Crippen LogP contribution in [0.1, 0.15) is 26.5 Å². The Morgan fingerprint density at radius 1 is 1.53 bits per heavy atom. The predicted molar refractivity (Wildman–Crippen MR) is 59.7 cm³/mol. The number of rotatable bonds is 2. The number of nitrogens with zero attached hydrogens (tertiary/aromatic N) is 2. The lowest BCUT2D eigenvalue weighted by Gasteiger charge is -2.12. The predicted octanol–water partition coefficient (Wildman–Crippen LogP) is 2.10. The molecule has 0 aliphatic rings. The molecule has 0 saturated heterocycles. The third-order valence-corrected chi connectivity index (χ3v) is 2.93. The van der Waals surface area contributed by atoms with E-state index in [2.05, 4.69) is 9.38 Å². The lowest BCUT2D eigenvalue weighted by Crippen LogP contribution is -2.19. The van der Waals surface area contributed by atoms with Crippen molar-refractivity contribution in [2.75, 3.05) is 0 Å². The van der Waals surface area contributed by atoms with E-state index in [-0.39, 0.29) is 5.69 Å². The summed E-state index contributed by atoms with van der Waals surface area (Å²) in [4.78, 5) is 3.77. The van der Waals surface area contributed by atoms with E-state index in [9.17, 15) is 8.60 Å². The fraction of sp³-hybridized carbons (Fsp3) is 0.400. The first kappa shape index (κ1) is 12.0. The van der Waals surface area contributed by atoms with E-state index >= 15 is 0 Å². The number of pyridine rings is 1. The van der Waals surface area contributed by atoms with Crippen molar-refractivity contribution in [1.29, 1.82) is 0 Å². The molecule has 0 N–H and O–H groups in total. The van der Waals surface area contributed by atoms with Crippen LogP contribution in [-0.4, -0.2) is 20.2 Å². The van der Waals surface area contributed by atoms with Crippen LogP contribution in [0.15, 0.2) is 22.7 Å². The molecule has 15 heavy (non-hydrogen) atoms. The second-order valence-electron chi connectivity index (χ2n) is 3.97. The Morgan fingerprint density at radius 2 is 2.20 bits per heavy atom. The lowest BCUT2D eigenvalue weighted by atomic mass is 10.3. The molecule has 0 bridgehead atoms. The first-order chi connectivity index (χ1) is 6.91. The molecule has 1 atom stereocenters. The van der Waals surface area contributed by atoms with E-state index in [1.165, 1.54) is 24.5 Å². The van der Waals surface area contributed by atoms with Crippen LogP contribution in [0.5, 0.6) is 0 Å². The molecule has 0 radical (unpaired) electrons. The average Bonchev–Trinajstić information content (AvgIpc) is 2.14. The Hall–Kier alpha value is -1.10. The van der Waals surface area contributed by atoms with Gasteiger partial charge in [0.2, 0.25) is 0 Å². The van der Waals surface area contributed by atoms with Crippen LogP contribution in [0.2, 0.25) is 0 Å². The number of halogens is 1. The summed E-state index contributed by atoms with van der Waals surface area (Å²) in [5.74, 6) is -0.466. The summed E-state index contributed by atoms with van der Waals surface area (Å²) in [6.45, 7) is 5.40. The van der Waals surface area contributed by atoms with Crippen LogP contribution < -0.4 is 0 Å². The molecule has 0 aliphatic heterocycles. The normalized spacial score (nSPS) is 14.4. The molecule has 0 aromatic carbocycles. The third-order valence-electron chi connectivity index (χ3n) is 1.58. The highest BCUT2D eigenvalue weighted by Gasteiger charge is 2.18. The number of hydrogen-bond acceptors (Lipinski definition) is 2. The Morgan fingerprint density at radius 3 is 2.73 bits per heavy atom. The average molecular weight is 228 g/mol. The van der Waals surface area contributed by atoms with Gasteiger partial charge in [0.05, 0.1) is 11.0 Å². The van der Waals surface area contributed by atoms with E-state index in [1.54, 1.807) is 20.8 Å². The summed E-state index contributed by atoms with van der Waals surface area (Å²) >= 11 is 0. The molecule has 0 spiro atoms. The van der Waals surface area contributed by atoms with Gasteiger partial charge in [-0.1, -0.05) is 0 Å². The summed E-state index contributed by atoms with van der Waals surface area (Å²) in [5.41, 5.74) is 0.107. The van der Waals surface area contributed by atoms with Gasteiger partial charge >= 0.3 is 0 Å². The van der Waals surface area contributed by atoms with Gasteiger partial charge in [0.25, 0.3) is 0 Å². The van der Waals surface area contributed by atoms with Crippen LogP contribution in [-0.2, 0) is 11.0 Å². The van der Waals surface area contributed by atoms with Crippen molar-refractivity contribution in [2.45, 2.75) is 25.5 Å². The Kier molecular flexibility index (Phi) is 3.68. The highest BCUT2D eigenvalue weighted by molar-refractivity contribution is 7.85. The minimum Gasteiger partial charge on any atom is -0.252 e. The van der Waals surface area contributed by atoms with Gasteiger partial charge in [-0.15, -0.1) is 0 Å². The molecule has 1 heterocycles. The van der Waals surface area contributed by atoms with Gasteiger partial charge in [0.15, 0.2) is 0 Å². The second-order valence-corrected chi connectivity index (χ2v) is 5.90. The van der Waals surface area contributed by atoms with Crippen LogP contribution in [0.25, 0.3) is 0 Å². The highest BCUT2D eigenvalue weighted by Crippen LogP contribution is 2.12. The molecule has 0 fully saturated rings. The van der Waals surface area contributed by atoms with Gasteiger partial charge in [0.1, 0.15) is 22.5 Å². The molecular weight excluding hydrogens is 215 g/mol. The maximum atomic E-state index is 13.1. The highest BCUT2D eigenvalue weighted by atomic mass is 32.2.